The van der Waals surface area contributed by atoms with E-state index in [1.807, 2.05) is 0 Å². The highest BCUT2D eigenvalue weighted by molar-refractivity contribution is 5.96. The molecule has 0 fully saturated rings. The standard InChI is InChI=1S/C12H13F2NO4/c1-3-18-11(16)6(2)19-12(17)7-4-8(13)9(14)5-10(7)15/h4-6H,3,15H2,1-2H3. The Labute approximate surface area is 108 Å². The van der Waals surface area contributed by atoms with Crippen LogP contribution >= 0.6 is 0 Å². The van der Waals surface area contributed by atoms with Crippen LogP contribution in [0.1, 0.15) is 24.2 Å². The number of halogens is 2. The molecule has 0 radical (unpaired) electrons. The van der Waals surface area contributed by atoms with E-state index in [1.165, 1.54) is 6.92 Å². The zero-order valence-corrected chi connectivity index (χ0v) is 10.4. The number of nitrogens with two attached hydrogens (primary N) is 1. The van der Waals surface area contributed by atoms with E-state index >= 15 is 0 Å². The summed E-state index contributed by atoms with van der Waals surface area (Å²) in [5.41, 5.74) is 4.75. The highest BCUT2D eigenvalue weighted by Gasteiger charge is 2.22. The average Bonchev–Trinajstić information content (AvgIpc) is 2.33. The van der Waals surface area contributed by atoms with Crippen LogP contribution in [0.4, 0.5) is 14.5 Å². The molecule has 0 saturated carbocycles. The molecule has 0 aliphatic rings. The lowest BCUT2D eigenvalue weighted by Crippen LogP contribution is -2.26. The van der Waals surface area contributed by atoms with Gasteiger partial charge in [0.2, 0.25) is 0 Å². The third-order valence-corrected chi connectivity index (χ3v) is 2.21. The number of nitrogen functional groups attached to an aromatic ring is 1. The van der Waals surface area contributed by atoms with Gasteiger partial charge in [-0.3, -0.25) is 0 Å². The normalized spacial score (nSPS) is 11.8. The summed E-state index contributed by atoms with van der Waals surface area (Å²) in [5.74, 6) is -4.17. The molecular formula is C12H13F2NO4. The molecule has 1 aromatic carbocycles. The summed E-state index contributed by atoms with van der Waals surface area (Å²) < 4.78 is 35.2. The molecule has 0 amide bonds. The third-order valence-electron chi connectivity index (χ3n) is 2.21. The summed E-state index contributed by atoms with van der Waals surface area (Å²) in [6.07, 6.45) is -1.17. The number of anilines is 1. The summed E-state index contributed by atoms with van der Waals surface area (Å²) in [6.45, 7) is 3.03. The maximum atomic E-state index is 13.0. The molecule has 0 aromatic heterocycles. The second-order valence-electron chi connectivity index (χ2n) is 3.65. The van der Waals surface area contributed by atoms with E-state index in [2.05, 4.69) is 4.74 Å². The van der Waals surface area contributed by atoms with Crippen LogP contribution in [-0.2, 0) is 14.3 Å². The van der Waals surface area contributed by atoms with Crippen molar-refractivity contribution >= 4 is 17.6 Å². The molecular weight excluding hydrogens is 260 g/mol. The van der Waals surface area contributed by atoms with Crippen LogP contribution in [0, 0.1) is 11.6 Å². The summed E-state index contributed by atoms with van der Waals surface area (Å²) in [4.78, 5) is 22.9. The first-order chi connectivity index (χ1) is 8.86. The van der Waals surface area contributed by atoms with Gasteiger partial charge in [0.1, 0.15) is 0 Å². The molecule has 104 valence electrons. The number of hydrogen-bond donors (Lipinski definition) is 1. The van der Waals surface area contributed by atoms with Crippen molar-refractivity contribution in [1.29, 1.82) is 0 Å². The van der Waals surface area contributed by atoms with Gasteiger partial charge in [-0.05, 0) is 19.9 Å². The van der Waals surface area contributed by atoms with Gasteiger partial charge in [-0.15, -0.1) is 0 Å². The van der Waals surface area contributed by atoms with E-state index < -0.39 is 29.7 Å². The third kappa shape index (κ3) is 3.64. The highest BCUT2D eigenvalue weighted by Crippen LogP contribution is 2.18. The van der Waals surface area contributed by atoms with Gasteiger partial charge in [-0.1, -0.05) is 0 Å². The van der Waals surface area contributed by atoms with Crippen molar-refractivity contribution in [3.63, 3.8) is 0 Å². The molecule has 0 spiro atoms. The number of hydrogen-bond acceptors (Lipinski definition) is 5. The van der Waals surface area contributed by atoms with Gasteiger partial charge < -0.3 is 15.2 Å². The monoisotopic (exact) mass is 273 g/mol. The molecule has 1 rings (SSSR count). The van der Waals surface area contributed by atoms with Gasteiger partial charge in [-0.25, -0.2) is 18.4 Å². The quantitative estimate of drug-likeness (QED) is 0.666. The highest BCUT2D eigenvalue weighted by atomic mass is 19.2. The van der Waals surface area contributed by atoms with E-state index in [4.69, 9.17) is 10.5 Å². The SMILES string of the molecule is CCOC(=O)C(C)OC(=O)c1cc(F)c(F)cc1N. The number of esters is 2. The van der Waals surface area contributed by atoms with Gasteiger partial charge in [0.15, 0.2) is 17.7 Å². The lowest BCUT2D eigenvalue weighted by atomic mass is 10.1. The molecule has 1 unspecified atom stereocenters. The van der Waals surface area contributed by atoms with Crippen LogP contribution in [0.3, 0.4) is 0 Å². The zero-order chi connectivity index (χ0) is 14.6. The minimum absolute atomic E-state index is 0.133. The van der Waals surface area contributed by atoms with Crippen molar-refractivity contribution < 1.29 is 27.8 Å². The minimum atomic E-state index is -1.23. The summed E-state index contributed by atoms with van der Waals surface area (Å²) >= 11 is 0. The Morgan fingerprint density at radius 3 is 2.47 bits per heavy atom. The first kappa shape index (κ1) is 14.9. The van der Waals surface area contributed by atoms with Crippen molar-refractivity contribution in [3.05, 3.63) is 29.3 Å². The predicted octanol–water partition coefficient (Wildman–Crippen LogP) is 1.66. The van der Waals surface area contributed by atoms with Crippen molar-refractivity contribution in [3.8, 4) is 0 Å². The van der Waals surface area contributed by atoms with Crippen molar-refractivity contribution in [2.75, 3.05) is 12.3 Å². The molecule has 19 heavy (non-hydrogen) atoms. The molecule has 5 nitrogen and oxygen atoms in total. The topological polar surface area (TPSA) is 78.6 Å². The van der Waals surface area contributed by atoms with E-state index in [0.29, 0.717) is 12.1 Å². The van der Waals surface area contributed by atoms with Crippen LogP contribution in [-0.4, -0.2) is 24.6 Å². The minimum Gasteiger partial charge on any atom is -0.463 e. The number of benzene rings is 1. The van der Waals surface area contributed by atoms with Gasteiger partial charge in [0.05, 0.1) is 12.2 Å². The Morgan fingerprint density at radius 1 is 1.32 bits per heavy atom. The number of rotatable bonds is 4. The van der Waals surface area contributed by atoms with Gasteiger partial charge in [-0.2, -0.15) is 0 Å². The average molecular weight is 273 g/mol. The van der Waals surface area contributed by atoms with Crippen LogP contribution in [0.15, 0.2) is 12.1 Å². The fourth-order valence-corrected chi connectivity index (χ4v) is 1.27. The second kappa shape index (κ2) is 6.12. The Bertz CT molecular complexity index is 505. The molecule has 0 aliphatic heterocycles. The Kier molecular flexibility index (Phi) is 4.80. The predicted molar refractivity (Wildman–Crippen MR) is 62.3 cm³/mol. The van der Waals surface area contributed by atoms with Crippen molar-refractivity contribution in [1.82, 2.24) is 0 Å². The smallest absolute Gasteiger partial charge is 0.347 e. The first-order valence-corrected chi connectivity index (χ1v) is 5.49. The molecule has 0 saturated heterocycles. The molecule has 1 atom stereocenters. The van der Waals surface area contributed by atoms with E-state index in [-0.39, 0.29) is 17.9 Å². The number of carbonyl (C=O) groups is 2. The summed E-state index contributed by atoms with van der Waals surface area (Å²) in [7, 11) is 0. The van der Waals surface area contributed by atoms with E-state index in [0.717, 1.165) is 0 Å². The first-order valence-electron chi connectivity index (χ1n) is 5.49. The van der Waals surface area contributed by atoms with Gasteiger partial charge in [0.25, 0.3) is 0 Å². The summed E-state index contributed by atoms with van der Waals surface area (Å²) in [5, 5.41) is 0. The molecule has 7 heteroatoms. The molecule has 1 aromatic rings. The molecule has 2 N–H and O–H groups in total. The van der Waals surface area contributed by atoms with Gasteiger partial charge in [0, 0.05) is 11.8 Å². The molecule has 0 aliphatic carbocycles. The molecule has 0 bridgehead atoms. The summed E-state index contributed by atoms with van der Waals surface area (Å²) in [6, 6.07) is 1.28. The van der Waals surface area contributed by atoms with Crippen molar-refractivity contribution in [2.45, 2.75) is 20.0 Å². The lowest BCUT2D eigenvalue weighted by Gasteiger charge is -2.13. The van der Waals surface area contributed by atoms with Crippen LogP contribution in [0.25, 0.3) is 0 Å². The maximum absolute atomic E-state index is 13.0. The lowest BCUT2D eigenvalue weighted by molar-refractivity contribution is -0.152. The Morgan fingerprint density at radius 2 is 1.89 bits per heavy atom. The largest absolute Gasteiger partial charge is 0.463 e. The second-order valence-corrected chi connectivity index (χ2v) is 3.65. The van der Waals surface area contributed by atoms with E-state index in [1.54, 1.807) is 6.92 Å². The van der Waals surface area contributed by atoms with Crippen LogP contribution < -0.4 is 5.73 Å². The maximum Gasteiger partial charge on any atom is 0.347 e. The molecule has 0 heterocycles. The number of ether oxygens (including phenoxy) is 2. The van der Waals surface area contributed by atoms with Crippen molar-refractivity contribution in [2.24, 2.45) is 0 Å². The van der Waals surface area contributed by atoms with Crippen LogP contribution in [0.5, 0.6) is 0 Å². The Hall–Kier alpha value is -2.18. The number of carbonyl (C=O) groups excluding carboxylic acids is 2. The van der Waals surface area contributed by atoms with Gasteiger partial charge >= 0.3 is 11.9 Å². The Balaban J connectivity index is 2.84. The zero-order valence-electron chi connectivity index (χ0n) is 10.4. The van der Waals surface area contributed by atoms with Crippen LogP contribution in [0.2, 0.25) is 0 Å². The fourth-order valence-electron chi connectivity index (χ4n) is 1.27. The van der Waals surface area contributed by atoms with E-state index in [9.17, 15) is 18.4 Å². The fraction of sp³-hybridized carbons (Fsp3) is 0.333.